The number of benzene rings is 2. The quantitative estimate of drug-likeness (QED) is 0.643. The molecule has 2 rings (SSSR count). The molecule has 6 heteroatoms. The molecule has 0 bridgehead atoms. The number of hydrogen-bond donors (Lipinski definition) is 4. The molecule has 106 valence electrons. The Kier molecular flexibility index (Phi) is 4.24. The zero-order valence-electron chi connectivity index (χ0n) is 10.7. The first-order valence-electron chi connectivity index (χ1n) is 5.83. The SMILES string of the molecule is COc1ccc(Br)cc1NCc1ccc(O)c(O)c1O. The van der Waals surface area contributed by atoms with Crippen molar-refractivity contribution in [3.8, 4) is 23.0 Å². The fraction of sp³-hybridized carbons (Fsp3) is 0.143. The third kappa shape index (κ3) is 2.91. The number of methoxy groups -OCH3 is 1. The number of phenolic OH excluding ortho intramolecular Hbond substituents is 3. The summed E-state index contributed by atoms with van der Waals surface area (Å²) in [6.45, 7) is 0.270. The lowest BCUT2D eigenvalue weighted by molar-refractivity contribution is 0.365. The van der Waals surface area contributed by atoms with Crippen LogP contribution in [0.2, 0.25) is 0 Å². The number of phenols is 3. The van der Waals surface area contributed by atoms with Crippen molar-refractivity contribution in [2.75, 3.05) is 12.4 Å². The third-order valence-electron chi connectivity index (χ3n) is 2.84. The van der Waals surface area contributed by atoms with Gasteiger partial charge in [0.1, 0.15) is 5.75 Å². The minimum Gasteiger partial charge on any atom is -0.504 e. The summed E-state index contributed by atoms with van der Waals surface area (Å²) in [4.78, 5) is 0. The molecule has 0 amide bonds. The van der Waals surface area contributed by atoms with Gasteiger partial charge < -0.3 is 25.4 Å². The molecule has 0 aliphatic carbocycles. The van der Waals surface area contributed by atoms with Gasteiger partial charge in [-0.05, 0) is 30.3 Å². The first-order chi connectivity index (χ1) is 9.52. The van der Waals surface area contributed by atoms with E-state index >= 15 is 0 Å². The van der Waals surface area contributed by atoms with Crippen molar-refractivity contribution in [2.24, 2.45) is 0 Å². The Hall–Kier alpha value is -2.08. The summed E-state index contributed by atoms with van der Waals surface area (Å²) in [5.74, 6) is -0.557. The maximum absolute atomic E-state index is 9.75. The van der Waals surface area contributed by atoms with Crippen LogP contribution < -0.4 is 10.1 Å². The van der Waals surface area contributed by atoms with Crippen molar-refractivity contribution >= 4 is 21.6 Å². The molecule has 20 heavy (non-hydrogen) atoms. The van der Waals surface area contributed by atoms with Gasteiger partial charge >= 0.3 is 0 Å². The van der Waals surface area contributed by atoms with Gasteiger partial charge in [-0.1, -0.05) is 15.9 Å². The van der Waals surface area contributed by atoms with Crippen LogP contribution in [0.4, 0.5) is 5.69 Å². The van der Waals surface area contributed by atoms with Crippen LogP contribution in [0.5, 0.6) is 23.0 Å². The lowest BCUT2D eigenvalue weighted by Gasteiger charge is -2.13. The van der Waals surface area contributed by atoms with E-state index in [2.05, 4.69) is 21.2 Å². The lowest BCUT2D eigenvalue weighted by atomic mass is 10.1. The van der Waals surface area contributed by atoms with Crippen LogP contribution in [0.25, 0.3) is 0 Å². The van der Waals surface area contributed by atoms with Gasteiger partial charge in [-0.3, -0.25) is 0 Å². The highest BCUT2D eigenvalue weighted by Gasteiger charge is 2.11. The summed E-state index contributed by atoms with van der Waals surface area (Å²) in [6.07, 6.45) is 0. The summed E-state index contributed by atoms with van der Waals surface area (Å²) in [7, 11) is 1.57. The molecule has 0 spiro atoms. The standard InChI is InChI=1S/C14H14BrNO4/c1-20-12-5-3-9(15)6-10(12)16-7-8-2-4-11(17)14(19)13(8)18/h2-6,16-19H,7H2,1H3. The maximum atomic E-state index is 9.75. The molecule has 0 heterocycles. The van der Waals surface area contributed by atoms with Crippen LogP contribution in [0, 0.1) is 0 Å². The number of anilines is 1. The van der Waals surface area contributed by atoms with Crippen molar-refractivity contribution in [3.63, 3.8) is 0 Å². The summed E-state index contributed by atoms with van der Waals surface area (Å²) in [5.41, 5.74) is 1.20. The first kappa shape index (κ1) is 14.3. The Morgan fingerprint density at radius 3 is 2.55 bits per heavy atom. The topological polar surface area (TPSA) is 82.0 Å². The molecule has 0 unspecified atom stereocenters. The summed E-state index contributed by atoms with van der Waals surface area (Å²) >= 11 is 3.37. The molecular weight excluding hydrogens is 326 g/mol. The predicted octanol–water partition coefficient (Wildman–Crippen LogP) is 3.19. The molecule has 0 saturated heterocycles. The number of ether oxygens (including phenoxy) is 1. The molecule has 4 N–H and O–H groups in total. The van der Waals surface area contributed by atoms with Gasteiger partial charge in [-0.2, -0.15) is 0 Å². The van der Waals surface area contributed by atoms with E-state index in [-0.39, 0.29) is 18.0 Å². The van der Waals surface area contributed by atoms with E-state index in [0.29, 0.717) is 11.3 Å². The van der Waals surface area contributed by atoms with E-state index in [1.807, 2.05) is 12.1 Å². The highest BCUT2D eigenvalue weighted by molar-refractivity contribution is 9.10. The molecule has 0 radical (unpaired) electrons. The molecule has 0 aromatic heterocycles. The Morgan fingerprint density at radius 2 is 1.85 bits per heavy atom. The second-order valence-corrected chi connectivity index (χ2v) is 5.05. The summed E-state index contributed by atoms with van der Waals surface area (Å²) < 4.78 is 6.11. The van der Waals surface area contributed by atoms with E-state index in [1.165, 1.54) is 12.1 Å². The van der Waals surface area contributed by atoms with E-state index < -0.39 is 5.75 Å². The number of nitrogens with one attached hydrogen (secondary N) is 1. The normalized spacial score (nSPS) is 10.3. The Morgan fingerprint density at radius 1 is 1.10 bits per heavy atom. The zero-order chi connectivity index (χ0) is 14.7. The number of aromatic hydroxyl groups is 3. The molecule has 5 nitrogen and oxygen atoms in total. The molecule has 0 fully saturated rings. The second-order valence-electron chi connectivity index (χ2n) is 4.14. The summed E-state index contributed by atoms with van der Waals surface area (Å²) in [5, 5.41) is 31.6. The largest absolute Gasteiger partial charge is 0.504 e. The van der Waals surface area contributed by atoms with Gasteiger partial charge in [0.15, 0.2) is 11.5 Å². The molecular formula is C14H14BrNO4. The predicted molar refractivity (Wildman–Crippen MR) is 79.5 cm³/mol. The van der Waals surface area contributed by atoms with E-state index in [9.17, 15) is 15.3 Å². The Labute approximate surface area is 124 Å². The van der Waals surface area contributed by atoms with E-state index in [4.69, 9.17) is 4.74 Å². The number of hydrogen-bond acceptors (Lipinski definition) is 5. The molecule has 2 aromatic rings. The first-order valence-corrected chi connectivity index (χ1v) is 6.62. The van der Waals surface area contributed by atoms with E-state index in [1.54, 1.807) is 13.2 Å². The molecule has 0 atom stereocenters. The zero-order valence-corrected chi connectivity index (χ0v) is 12.3. The van der Waals surface area contributed by atoms with Crippen molar-refractivity contribution in [2.45, 2.75) is 6.54 Å². The van der Waals surface area contributed by atoms with Gasteiger partial charge in [-0.25, -0.2) is 0 Å². The minimum atomic E-state index is -0.523. The van der Waals surface area contributed by atoms with Gasteiger partial charge in [0, 0.05) is 16.6 Å². The Bertz CT molecular complexity index is 631. The van der Waals surface area contributed by atoms with Gasteiger partial charge in [0.2, 0.25) is 5.75 Å². The monoisotopic (exact) mass is 339 g/mol. The van der Waals surface area contributed by atoms with Crippen LogP contribution >= 0.6 is 15.9 Å². The molecule has 0 aliphatic rings. The fourth-order valence-corrected chi connectivity index (χ4v) is 2.12. The van der Waals surface area contributed by atoms with E-state index in [0.717, 1.165) is 10.2 Å². The Balaban J connectivity index is 2.21. The molecule has 0 aliphatic heterocycles. The molecule has 0 saturated carbocycles. The van der Waals surface area contributed by atoms with Crippen LogP contribution in [-0.4, -0.2) is 22.4 Å². The lowest BCUT2D eigenvalue weighted by Crippen LogP contribution is -2.01. The van der Waals surface area contributed by atoms with Crippen LogP contribution in [-0.2, 0) is 6.54 Å². The highest BCUT2D eigenvalue weighted by Crippen LogP contribution is 2.37. The van der Waals surface area contributed by atoms with Gasteiger partial charge in [0.05, 0.1) is 12.8 Å². The van der Waals surface area contributed by atoms with Crippen LogP contribution in [0.3, 0.4) is 0 Å². The third-order valence-corrected chi connectivity index (χ3v) is 3.34. The smallest absolute Gasteiger partial charge is 0.200 e. The average molecular weight is 340 g/mol. The van der Waals surface area contributed by atoms with Crippen molar-refractivity contribution in [1.29, 1.82) is 0 Å². The fourth-order valence-electron chi connectivity index (χ4n) is 1.76. The van der Waals surface area contributed by atoms with Crippen LogP contribution in [0.1, 0.15) is 5.56 Å². The number of rotatable bonds is 4. The highest BCUT2D eigenvalue weighted by atomic mass is 79.9. The van der Waals surface area contributed by atoms with Crippen LogP contribution in [0.15, 0.2) is 34.8 Å². The maximum Gasteiger partial charge on any atom is 0.200 e. The molecule has 2 aromatic carbocycles. The average Bonchev–Trinajstić information content (AvgIpc) is 2.44. The van der Waals surface area contributed by atoms with Crippen molar-refractivity contribution in [1.82, 2.24) is 0 Å². The summed E-state index contributed by atoms with van der Waals surface area (Å²) in [6, 6.07) is 8.36. The van der Waals surface area contributed by atoms with Crippen molar-refractivity contribution < 1.29 is 20.1 Å². The number of halogens is 1. The van der Waals surface area contributed by atoms with Gasteiger partial charge in [-0.15, -0.1) is 0 Å². The van der Waals surface area contributed by atoms with Crippen molar-refractivity contribution in [3.05, 3.63) is 40.4 Å². The minimum absolute atomic E-state index is 0.270. The van der Waals surface area contributed by atoms with Gasteiger partial charge in [0.25, 0.3) is 0 Å². The second kappa shape index (κ2) is 5.92.